The molecule has 1 aliphatic rings. The van der Waals surface area contributed by atoms with Crippen LogP contribution in [0, 0.1) is 0 Å². The summed E-state index contributed by atoms with van der Waals surface area (Å²) in [4.78, 5) is 27.9. The highest BCUT2D eigenvalue weighted by atomic mass is 35.5. The lowest BCUT2D eigenvalue weighted by Gasteiger charge is -2.33. The Bertz CT molecular complexity index is 724. The molecule has 1 saturated carbocycles. The highest BCUT2D eigenvalue weighted by Gasteiger charge is 2.33. The first-order chi connectivity index (χ1) is 15.5. The van der Waals surface area contributed by atoms with Crippen LogP contribution >= 0.6 is 11.6 Å². The molecule has 0 bridgehead atoms. The largest absolute Gasteiger partial charge is 0.493 e. The van der Waals surface area contributed by atoms with E-state index in [1.807, 2.05) is 19.9 Å². The van der Waals surface area contributed by atoms with E-state index in [1.54, 1.807) is 24.1 Å². The quantitative estimate of drug-likeness (QED) is 0.348. The van der Waals surface area contributed by atoms with E-state index in [4.69, 9.17) is 25.8 Å². The molecular formula is C24H37ClN2O5. The van der Waals surface area contributed by atoms with Crippen molar-refractivity contribution in [1.82, 2.24) is 10.2 Å². The lowest BCUT2D eigenvalue weighted by Crippen LogP contribution is -2.48. The molecule has 0 heterocycles. The Morgan fingerprint density at radius 1 is 1.16 bits per heavy atom. The van der Waals surface area contributed by atoms with Crippen LogP contribution in [0.3, 0.4) is 0 Å². The van der Waals surface area contributed by atoms with Crippen molar-refractivity contribution in [3.8, 4) is 11.5 Å². The number of nitrogens with one attached hydrogen (secondary N) is 1. The van der Waals surface area contributed by atoms with Gasteiger partial charge in [-0.1, -0.05) is 25.3 Å². The number of halogens is 1. The SMILES string of the molecule is CCOCCCN(C(=O)CCl)[C@H](C(=O)NC1CCCCC1)c1ccc(OCC)c(OC)c1. The maximum atomic E-state index is 13.5. The normalized spacial score (nSPS) is 15.1. The average Bonchev–Trinajstić information content (AvgIpc) is 2.81. The predicted octanol–water partition coefficient (Wildman–Crippen LogP) is 4.08. The lowest BCUT2D eigenvalue weighted by atomic mass is 9.94. The molecule has 2 amide bonds. The third-order valence-electron chi connectivity index (χ3n) is 5.64. The molecule has 0 radical (unpaired) electrons. The summed E-state index contributed by atoms with van der Waals surface area (Å²) in [6.07, 6.45) is 5.92. The summed E-state index contributed by atoms with van der Waals surface area (Å²) < 4.78 is 16.5. The van der Waals surface area contributed by atoms with Gasteiger partial charge >= 0.3 is 0 Å². The zero-order valence-corrected chi connectivity index (χ0v) is 20.3. The number of carbonyl (C=O) groups is 2. The molecule has 8 heteroatoms. The number of hydrogen-bond acceptors (Lipinski definition) is 5. The molecular weight excluding hydrogens is 432 g/mol. The molecule has 32 heavy (non-hydrogen) atoms. The van der Waals surface area contributed by atoms with Crippen LogP contribution in [0.15, 0.2) is 18.2 Å². The van der Waals surface area contributed by atoms with Gasteiger partial charge in [-0.05, 0) is 50.8 Å². The molecule has 1 aliphatic carbocycles. The van der Waals surface area contributed by atoms with Gasteiger partial charge in [-0.25, -0.2) is 0 Å². The molecule has 0 unspecified atom stereocenters. The van der Waals surface area contributed by atoms with Crippen molar-refractivity contribution < 1.29 is 23.8 Å². The third-order valence-corrected chi connectivity index (χ3v) is 5.87. The number of methoxy groups -OCH3 is 1. The minimum atomic E-state index is -0.811. The molecule has 1 N–H and O–H groups in total. The van der Waals surface area contributed by atoms with E-state index < -0.39 is 6.04 Å². The third kappa shape index (κ3) is 7.55. The number of benzene rings is 1. The molecule has 2 rings (SSSR count). The van der Waals surface area contributed by atoms with Crippen molar-refractivity contribution in [3.05, 3.63) is 23.8 Å². The van der Waals surface area contributed by atoms with Crippen LogP contribution in [0.4, 0.5) is 0 Å². The van der Waals surface area contributed by atoms with Crippen LogP contribution in [0.25, 0.3) is 0 Å². The van der Waals surface area contributed by atoms with Crippen LogP contribution in [0.2, 0.25) is 0 Å². The van der Waals surface area contributed by atoms with Gasteiger partial charge in [0.15, 0.2) is 11.5 Å². The Kier molecular flexibility index (Phi) is 11.7. The van der Waals surface area contributed by atoms with Gasteiger partial charge in [0.05, 0.1) is 13.7 Å². The van der Waals surface area contributed by atoms with Crippen LogP contribution in [-0.2, 0) is 14.3 Å². The molecule has 180 valence electrons. The Hall–Kier alpha value is -1.99. The summed E-state index contributed by atoms with van der Waals surface area (Å²) in [5.74, 6) is 0.428. The first-order valence-corrected chi connectivity index (χ1v) is 12.1. The summed E-state index contributed by atoms with van der Waals surface area (Å²) in [7, 11) is 1.56. The summed E-state index contributed by atoms with van der Waals surface area (Å²) in [5, 5.41) is 3.18. The van der Waals surface area contributed by atoms with Gasteiger partial charge in [0.1, 0.15) is 11.9 Å². The maximum Gasteiger partial charge on any atom is 0.247 e. The van der Waals surface area contributed by atoms with Crippen molar-refractivity contribution >= 4 is 23.4 Å². The number of nitrogens with zero attached hydrogens (tertiary/aromatic N) is 1. The summed E-state index contributed by atoms with van der Waals surface area (Å²) in [6, 6.07) is 4.68. The Balaban J connectivity index is 2.37. The summed E-state index contributed by atoms with van der Waals surface area (Å²) in [6.45, 7) is 5.79. The van der Waals surface area contributed by atoms with E-state index >= 15 is 0 Å². The smallest absolute Gasteiger partial charge is 0.247 e. The van der Waals surface area contributed by atoms with Gasteiger partial charge < -0.3 is 24.4 Å². The number of alkyl halides is 1. The molecule has 1 aromatic carbocycles. The van der Waals surface area contributed by atoms with E-state index in [1.165, 1.54) is 6.42 Å². The van der Waals surface area contributed by atoms with Gasteiger partial charge in [-0.2, -0.15) is 0 Å². The topological polar surface area (TPSA) is 77.1 Å². The lowest BCUT2D eigenvalue weighted by molar-refractivity contribution is -0.139. The number of ether oxygens (including phenoxy) is 3. The predicted molar refractivity (Wildman–Crippen MR) is 125 cm³/mol. The minimum absolute atomic E-state index is 0.125. The molecule has 1 atom stereocenters. The number of rotatable bonds is 13. The minimum Gasteiger partial charge on any atom is -0.493 e. The van der Waals surface area contributed by atoms with Gasteiger partial charge in [-0.15, -0.1) is 11.6 Å². The molecule has 1 aromatic rings. The van der Waals surface area contributed by atoms with Gasteiger partial charge in [0.2, 0.25) is 11.8 Å². The van der Waals surface area contributed by atoms with Crippen LogP contribution in [0.1, 0.15) is 64.0 Å². The van der Waals surface area contributed by atoms with E-state index in [0.29, 0.717) is 49.8 Å². The molecule has 0 saturated heterocycles. The molecule has 0 aromatic heterocycles. The summed E-state index contributed by atoms with van der Waals surface area (Å²) in [5.41, 5.74) is 0.661. The van der Waals surface area contributed by atoms with E-state index in [0.717, 1.165) is 25.7 Å². The number of amides is 2. The van der Waals surface area contributed by atoms with Crippen molar-refractivity contribution in [2.24, 2.45) is 0 Å². The molecule has 7 nitrogen and oxygen atoms in total. The Morgan fingerprint density at radius 2 is 1.91 bits per heavy atom. The van der Waals surface area contributed by atoms with Crippen LogP contribution in [0.5, 0.6) is 11.5 Å². The molecule has 1 fully saturated rings. The fourth-order valence-electron chi connectivity index (χ4n) is 4.08. The Labute approximate surface area is 196 Å². The first-order valence-electron chi connectivity index (χ1n) is 11.6. The van der Waals surface area contributed by atoms with Crippen molar-refractivity contribution in [2.45, 2.75) is 64.5 Å². The first kappa shape index (κ1) is 26.3. The fraction of sp³-hybridized carbons (Fsp3) is 0.667. The van der Waals surface area contributed by atoms with Crippen molar-refractivity contribution in [3.63, 3.8) is 0 Å². The van der Waals surface area contributed by atoms with E-state index in [2.05, 4.69) is 5.32 Å². The number of carbonyl (C=O) groups excluding carboxylic acids is 2. The zero-order chi connectivity index (χ0) is 23.3. The highest BCUT2D eigenvalue weighted by molar-refractivity contribution is 6.27. The number of hydrogen-bond donors (Lipinski definition) is 1. The summed E-state index contributed by atoms with van der Waals surface area (Å²) >= 11 is 5.94. The van der Waals surface area contributed by atoms with Gasteiger partial charge in [0.25, 0.3) is 0 Å². The van der Waals surface area contributed by atoms with E-state index in [-0.39, 0.29) is 23.7 Å². The van der Waals surface area contributed by atoms with Crippen LogP contribution in [-0.4, -0.2) is 62.1 Å². The maximum absolute atomic E-state index is 13.5. The molecule has 0 aliphatic heterocycles. The second kappa shape index (κ2) is 14.2. The average molecular weight is 469 g/mol. The Morgan fingerprint density at radius 3 is 2.53 bits per heavy atom. The van der Waals surface area contributed by atoms with Crippen molar-refractivity contribution in [2.75, 3.05) is 39.4 Å². The van der Waals surface area contributed by atoms with E-state index in [9.17, 15) is 9.59 Å². The second-order valence-electron chi connectivity index (χ2n) is 7.86. The van der Waals surface area contributed by atoms with Crippen LogP contribution < -0.4 is 14.8 Å². The fourth-order valence-corrected chi connectivity index (χ4v) is 4.24. The van der Waals surface area contributed by atoms with Gasteiger partial charge in [-0.3, -0.25) is 9.59 Å². The van der Waals surface area contributed by atoms with Crippen molar-refractivity contribution in [1.29, 1.82) is 0 Å². The molecule has 0 spiro atoms. The second-order valence-corrected chi connectivity index (χ2v) is 8.13. The monoisotopic (exact) mass is 468 g/mol. The van der Waals surface area contributed by atoms with Gasteiger partial charge in [0, 0.05) is 25.8 Å². The highest BCUT2D eigenvalue weighted by Crippen LogP contribution is 2.33. The standard InChI is InChI=1S/C24H37ClN2O5/c1-4-31-15-9-14-27(22(28)17-25)23(24(29)26-19-10-7-6-8-11-19)18-12-13-20(32-5-2)21(16-18)30-3/h12-13,16,19,23H,4-11,14-15,17H2,1-3H3,(H,26,29)/t23-/m0/s1. The zero-order valence-electron chi connectivity index (χ0n) is 19.5.